The van der Waals surface area contributed by atoms with E-state index in [4.69, 9.17) is 16.0 Å². The van der Waals surface area contributed by atoms with Crippen molar-refractivity contribution in [3.8, 4) is 11.5 Å². The Balaban J connectivity index is 1.58. The molecule has 3 rings (SSSR count). The Morgan fingerprint density at radius 3 is 3.00 bits per heavy atom. The first-order valence-corrected chi connectivity index (χ1v) is 8.97. The molecule has 0 aliphatic heterocycles. The van der Waals surface area contributed by atoms with Gasteiger partial charge in [-0.25, -0.2) is 0 Å². The summed E-state index contributed by atoms with van der Waals surface area (Å²) in [6, 6.07) is 5.38. The second-order valence-electron chi connectivity index (χ2n) is 5.21. The Hall–Kier alpha value is -2.32. The van der Waals surface area contributed by atoms with Crippen LogP contribution in [0.25, 0.3) is 11.5 Å². The highest BCUT2D eigenvalue weighted by molar-refractivity contribution is 7.99. The van der Waals surface area contributed by atoms with Crippen molar-refractivity contribution in [2.24, 2.45) is 0 Å². The summed E-state index contributed by atoms with van der Waals surface area (Å²) in [5.74, 6) is 0.365. The predicted molar refractivity (Wildman–Crippen MR) is 96.7 cm³/mol. The average Bonchev–Trinajstić information content (AvgIpc) is 3.26. The van der Waals surface area contributed by atoms with E-state index < -0.39 is 0 Å². The van der Waals surface area contributed by atoms with Crippen LogP contribution >= 0.6 is 23.4 Å². The van der Waals surface area contributed by atoms with Gasteiger partial charge >= 0.3 is 0 Å². The number of rotatable bonds is 6. The van der Waals surface area contributed by atoms with Crippen LogP contribution < -0.4 is 5.32 Å². The van der Waals surface area contributed by atoms with Crippen molar-refractivity contribution < 1.29 is 9.21 Å². The lowest BCUT2D eigenvalue weighted by atomic mass is 10.2. The number of hydrogen-bond donors (Lipinski definition) is 1. The fourth-order valence-corrected chi connectivity index (χ4v) is 2.83. The maximum Gasteiger partial charge on any atom is 0.277 e. The number of aromatic nitrogens is 4. The lowest BCUT2D eigenvalue weighted by Gasteiger charge is -2.08. The third-order valence-electron chi connectivity index (χ3n) is 3.48. The minimum absolute atomic E-state index is 0.155. The molecule has 0 saturated heterocycles. The van der Waals surface area contributed by atoms with Gasteiger partial charge in [0.05, 0.1) is 17.5 Å². The second-order valence-corrected chi connectivity index (χ2v) is 6.54. The summed E-state index contributed by atoms with van der Waals surface area (Å²) in [7, 11) is 0. The molecule has 0 atom stereocenters. The predicted octanol–water partition coefficient (Wildman–Crippen LogP) is 3.65. The number of nitrogens with zero attached hydrogens (tertiary/aromatic N) is 4. The summed E-state index contributed by atoms with van der Waals surface area (Å²) in [6.45, 7) is 4.61. The van der Waals surface area contributed by atoms with Crippen molar-refractivity contribution in [1.82, 2.24) is 20.0 Å². The van der Waals surface area contributed by atoms with Crippen LogP contribution in [0.4, 0.5) is 5.69 Å². The number of anilines is 1. The fraction of sp³-hybridized carbons (Fsp3) is 0.250. The van der Waals surface area contributed by atoms with Gasteiger partial charge in [0.2, 0.25) is 5.91 Å². The van der Waals surface area contributed by atoms with Crippen LogP contribution in [-0.2, 0) is 11.3 Å². The summed E-state index contributed by atoms with van der Waals surface area (Å²) in [4.78, 5) is 12.1. The normalized spacial score (nSPS) is 10.8. The molecule has 130 valence electrons. The van der Waals surface area contributed by atoms with Crippen LogP contribution in [0.3, 0.4) is 0 Å². The van der Waals surface area contributed by atoms with Gasteiger partial charge in [0.25, 0.3) is 11.1 Å². The maximum atomic E-state index is 12.1. The van der Waals surface area contributed by atoms with Crippen molar-refractivity contribution in [2.75, 3.05) is 11.1 Å². The number of amides is 1. The number of benzene rings is 1. The zero-order valence-corrected chi connectivity index (χ0v) is 15.3. The van der Waals surface area contributed by atoms with E-state index in [1.807, 2.05) is 20.0 Å². The molecule has 0 bridgehead atoms. The molecule has 1 amide bonds. The van der Waals surface area contributed by atoms with Gasteiger partial charge in [-0.15, -0.1) is 10.2 Å². The minimum Gasteiger partial charge on any atom is -0.411 e. The monoisotopic (exact) mass is 377 g/mol. The van der Waals surface area contributed by atoms with E-state index in [0.717, 1.165) is 17.7 Å². The minimum atomic E-state index is -0.172. The highest BCUT2D eigenvalue weighted by Crippen LogP contribution is 2.25. The first-order valence-electron chi connectivity index (χ1n) is 7.61. The van der Waals surface area contributed by atoms with E-state index >= 15 is 0 Å². The molecule has 1 N–H and O–H groups in total. The van der Waals surface area contributed by atoms with E-state index in [0.29, 0.717) is 21.8 Å². The zero-order valence-electron chi connectivity index (χ0n) is 13.7. The number of thioether (sulfide) groups is 1. The molecule has 2 aromatic heterocycles. The van der Waals surface area contributed by atoms with E-state index in [2.05, 4.69) is 20.6 Å². The molecule has 25 heavy (non-hydrogen) atoms. The summed E-state index contributed by atoms with van der Waals surface area (Å²) in [6.07, 6.45) is 3.50. The summed E-state index contributed by atoms with van der Waals surface area (Å²) < 4.78 is 7.33. The molecule has 0 spiro atoms. The van der Waals surface area contributed by atoms with E-state index in [1.54, 1.807) is 29.1 Å². The molecule has 0 fully saturated rings. The number of halogens is 1. The van der Waals surface area contributed by atoms with Crippen LogP contribution in [0, 0.1) is 6.92 Å². The standard InChI is InChI=1S/C16H16ClN5O2S/c1-3-22-8-11(7-18-22)15-20-21-16(24-15)25-9-14(23)19-13-6-4-5-12(17)10(13)2/h4-8H,3,9H2,1-2H3,(H,19,23). The van der Waals surface area contributed by atoms with Gasteiger partial charge in [0, 0.05) is 23.5 Å². The molecule has 0 unspecified atom stereocenters. The molecule has 0 saturated carbocycles. The van der Waals surface area contributed by atoms with E-state index in [9.17, 15) is 4.79 Å². The number of nitrogens with one attached hydrogen (secondary N) is 1. The molecule has 1 aromatic carbocycles. The molecule has 7 nitrogen and oxygen atoms in total. The Morgan fingerprint density at radius 2 is 2.24 bits per heavy atom. The number of hydrogen-bond acceptors (Lipinski definition) is 6. The molecule has 0 aliphatic carbocycles. The van der Waals surface area contributed by atoms with Crippen LogP contribution in [0.1, 0.15) is 12.5 Å². The Morgan fingerprint density at radius 1 is 1.40 bits per heavy atom. The van der Waals surface area contributed by atoms with Gasteiger partial charge < -0.3 is 9.73 Å². The quantitative estimate of drug-likeness (QED) is 0.660. The highest BCUT2D eigenvalue weighted by Gasteiger charge is 2.13. The zero-order chi connectivity index (χ0) is 17.8. The van der Waals surface area contributed by atoms with Gasteiger partial charge in [0.15, 0.2) is 0 Å². The van der Waals surface area contributed by atoms with Crippen molar-refractivity contribution in [3.63, 3.8) is 0 Å². The first kappa shape index (κ1) is 17.5. The Labute approximate surface area is 153 Å². The summed E-state index contributed by atoms with van der Waals surface area (Å²) in [5.41, 5.74) is 2.27. The molecule has 2 heterocycles. The second kappa shape index (κ2) is 7.71. The molecular weight excluding hydrogens is 362 g/mol. The van der Waals surface area contributed by atoms with Crippen molar-refractivity contribution >= 4 is 35.0 Å². The maximum absolute atomic E-state index is 12.1. The third-order valence-corrected chi connectivity index (χ3v) is 4.71. The smallest absolute Gasteiger partial charge is 0.277 e. The molecular formula is C16H16ClN5O2S. The van der Waals surface area contributed by atoms with E-state index in [-0.39, 0.29) is 11.7 Å². The number of carbonyl (C=O) groups excluding carboxylic acids is 1. The van der Waals surface area contributed by atoms with Crippen molar-refractivity contribution in [3.05, 3.63) is 41.2 Å². The SMILES string of the molecule is CCn1cc(-c2nnc(SCC(=O)Nc3cccc(Cl)c3C)o2)cn1. The van der Waals surface area contributed by atoms with Crippen LogP contribution in [0.2, 0.25) is 5.02 Å². The van der Waals surface area contributed by atoms with Crippen molar-refractivity contribution in [2.45, 2.75) is 25.6 Å². The molecule has 0 aliphatic rings. The average molecular weight is 378 g/mol. The number of carbonyl (C=O) groups is 1. The highest BCUT2D eigenvalue weighted by atomic mass is 35.5. The lowest BCUT2D eigenvalue weighted by Crippen LogP contribution is -2.14. The molecule has 9 heteroatoms. The Kier molecular flexibility index (Phi) is 5.40. The summed E-state index contributed by atoms with van der Waals surface area (Å²) in [5, 5.41) is 15.9. The topological polar surface area (TPSA) is 85.8 Å². The Bertz CT molecular complexity index is 892. The number of aryl methyl sites for hydroxylation is 1. The van der Waals surface area contributed by atoms with Crippen molar-refractivity contribution in [1.29, 1.82) is 0 Å². The summed E-state index contributed by atoms with van der Waals surface area (Å²) >= 11 is 7.22. The van der Waals surface area contributed by atoms with Crippen LogP contribution in [-0.4, -0.2) is 31.6 Å². The van der Waals surface area contributed by atoms with Crippen LogP contribution in [0.15, 0.2) is 40.2 Å². The van der Waals surface area contributed by atoms with Gasteiger partial charge in [-0.3, -0.25) is 9.48 Å². The fourth-order valence-electron chi connectivity index (χ4n) is 2.09. The van der Waals surface area contributed by atoms with Gasteiger partial charge in [-0.2, -0.15) is 5.10 Å². The largest absolute Gasteiger partial charge is 0.411 e. The van der Waals surface area contributed by atoms with Gasteiger partial charge in [-0.1, -0.05) is 29.4 Å². The molecule has 0 radical (unpaired) electrons. The lowest BCUT2D eigenvalue weighted by molar-refractivity contribution is -0.113. The first-order chi connectivity index (χ1) is 12.1. The van der Waals surface area contributed by atoms with Gasteiger partial charge in [0.1, 0.15) is 0 Å². The molecule has 3 aromatic rings. The van der Waals surface area contributed by atoms with Crippen LogP contribution in [0.5, 0.6) is 0 Å². The third kappa shape index (κ3) is 4.21. The van der Waals surface area contributed by atoms with Gasteiger partial charge in [-0.05, 0) is 31.5 Å². The van der Waals surface area contributed by atoms with E-state index in [1.165, 1.54) is 11.8 Å².